The van der Waals surface area contributed by atoms with Crippen molar-refractivity contribution in [3.63, 3.8) is 0 Å². The molecule has 0 fully saturated rings. The maximum atomic E-state index is 13.1. The molecule has 0 bridgehead atoms. The van der Waals surface area contributed by atoms with Crippen LogP contribution in [0.1, 0.15) is 5.56 Å². The second kappa shape index (κ2) is 11.5. The number of nitrogens with two attached hydrogens (primary N) is 1. The van der Waals surface area contributed by atoms with E-state index in [-0.39, 0.29) is 4.90 Å². The fraction of sp³-hybridized carbons (Fsp3) is 0.192. The number of ether oxygens (including phenoxy) is 2. The third kappa shape index (κ3) is 6.23. The number of sulfone groups is 1. The molecule has 0 amide bonds. The molecule has 2 unspecified atom stereocenters. The lowest BCUT2D eigenvalue weighted by Crippen LogP contribution is -2.45. The summed E-state index contributed by atoms with van der Waals surface area (Å²) in [5.74, 6) is 4.44. The summed E-state index contributed by atoms with van der Waals surface area (Å²) < 4.78 is 36.7. The van der Waals surface area contributed by atoms with Crippen LogP contribution in [0.2, 0.25) is 0 Å². The van der Waals surface area contributed by atoms with Crippen molar-refractivity contribution in [3.8, 4) is 28.7 Å². The number of aliphatic carboxylic acids is 1. The summed E-state index contributed by atoms with van der Waals surface area (Å²) in [6.07, 6.45) is 0. The third-order valence-corrected chi connectivity index (χ3v) is 7.08. The number of benzene rings is 3. The first-order chi connectivity index (χ1) is 16.3. The minimum Gasteiger partial charge on any atom is -0.491 e. The highest BCUT2D eigenvalue weighted by atomic mass is 32.2. The highest BCUT2D eigenvalue weighted by molar-refractivity contribution is 7.92. The molecule has 3 aromatic rings. The predicted octanol–water partition coefficient (Wildman–Crippen LogP) is 2.98. The van der Waals surface area contributed by atoms with Gasteiger partial charge in [0.2, 0.25) is 0 Å². The molecule has 8 heteroatoms. The highest BCUT2D eigenvalue weighted by Crippen LogP contribution is 2.26. The van der Waals surface area contributed by atoms with E-state index < -0.39 is 27.1 Å². The molecule has 3 aromatic carbocycles. The zero-order valence-electron chi connectivity index (χ0n) is 18.5. The van der Waals surface area contributed by atoms with Crippen molar-refractivity contribution in [2.45, 2.75) is 16.2 Å². The molecule has 0 radical (unpaired) electrons. The van der Waals surface area contributed by atoms with Crippen LogP contribution in [0.15, 0.2) is 83.8 Å². The van der Waals surface area contributed by atoms with Gasteiger partial charge in [0.1, 0.15) is 12.4 Å². The van der Waals surface area contributed by atoms with Crippen LogP contribution >= 0.6 is 0 Å². The van der Waals surface area contributed by atoms with Crippen molar-refractivity contribution in [2.75, 3.05) is 20.3 Å². The third-order valence-electron chi connectivity index (χ3n) is 4.99. The molecule has 0 saturated carbocycles. The van der Waals surface area contributed by atoms with Crippen LogP contribution in [-0.4, -0.2) is 51.1 Å². The molecule has 176 valence electrons. The maximum absolute atomic E-state index is 13.1. The van der Waals surface area contributed by atoms with E-state index in [2.05, 4.69) is 11.8 Å². The molecule has 0 aliphatic heterocycles. The molecule has 34 heavy (non-hydrogen) atoms. The van der Waals surface area contributed by atoms with Gasteiger partial charge in [-0.1, -0.05) is 54.3 Å². The zero-order valence-corrected chi connectivity index (χ0v) is 19.4. The molecule has 0 aliphatic carbocycles. The van der Waals surface area contributed by atoms with E-state index in [4.69, 9.17) is 15.2 Å². The SMILES string of the molecule is COCCOc1ccc(-c2ccc(S(=O)(=O)C(C(=O)O)C(N)C#Cc3ccccc3)cc2)cc1. The first-order valence-corrected chi connectivity index (χ1v) is 12.0. The number of carboxylic acid groups (broad SMARTS) is 1. The molecule has 0 heterocycles. The van der Waals surface area contributed by atoms with Gasteiger partial charge in [0.15, 0.2) is 15.1 Å². The van der Waals surface area contributed by atoms with Gasteiger partial charge in [0, 0.05) is 12.7 Å². The Labute approximate surface area is 199 Å². The summed E-state index contributed by atoms with van der Waals surface area (Å²) >= 11 is 0. The Morgan fingerprint density at radius 1 is 0.941 bits per heavy atom. The Bertz CT molecular complexity index is 1260. The molecule has 0 saturated heterocycles. The number of carbonyl (C=O) groups is 1. The lowest BCUT2D eigenvalue weighted by atomic mass is 10.1. The average molecular weight is 480 g/mol. The van der Waals surface area contributed by atoms with Gasteiger partial charge < -0.3 is 20.3 Å². The molecule has 7 nitrogen and oxygen atoms in total. The fourth-order valence-corrected chi connectivity index (χ4v) is 4.74. The Morgan fingerprint density at radius 3 is 2.09 bits per heavy atom. The van der Waals surface area contributed by atoms with E-state index in [1.807, 2.05) is 18.2 Å². The molecular weight excluding hydrogens is 454 g/mol. The van der Waals surface area contributed by atoms with Crippen molar-refractivity contribution in [1.29, 1.82) is 0 Å². The summed E-state index contributed by atoms with van der Waals surface area (Å²) in [6.45, 7) is 0.918. The number of rotatable bonds is 9. The summed E-state index contributed by atoms with van der Waals surface area (Å²) in [6, 6.07) is 20.7. The Morgan fingerprint density at radius 2 is 1.53 bits per heavy atom. The first kappa shape index (κ1) is 25.0. The molecule has 3 rings (SSSR count). The molecule has 0 spiro atoms. The largest absolute Gasteiger partial charge is 0.491 e. The van der Waals surface area contributed by atoms with E-state index >= 15 is 0 Å². The van der Waals surface area contributed by atoms with Gasteiger partial charge >= 0.3 is 5.97 Å². The highest BCUT2D eigenvalue weighted by Gasteiger charge is 2.38. The van der Waals surface area contributed by atoms with Crippen molar-refractivity contribution in [2.24, 2.45) is 5.73 Å². The van der Waals surface area contributed by atoms with Gasteiger partial charge in [0.05, 0.1) is 17.5 Å². The van der Waals surface area contributed by atoms with Crippen LogP contribution in [0.5, 0.6) is 5.75 Å². The van der Waals surface area contributed by atoms with E-state index in [0.29, 0.717) is 24.5 Å². The van der Waals surface area contributed by atoms with Crippen LogP contribution in [-0.2, 0) is 19.4 Å². The maximum Gasteiger partial charge on any atom is 0.324 e. The second-order valence-corrected chi connectivity index (χ2v) is 9.42. The van der Waals surface area contributed by atoms with Gasteiger partial charge in [-0.2, -0.15) is 0 Å². The lowest BCUT2D eigenvalue weighted by molar-refractivity contribution is -0.136. The van der Waals surface area contributed by atoms with Crippen molar-refractivity contribution >= 4 is 15.8 Å². The van der Waals surface area contributed by atoms with Crippen molar-refractivity contribution < 1.29 is 27.8 Å². The standard InChI is InChI=1S/C26H25NO6S/c1-32-17-18-33-22-12-8-20(9-13-22)21-10-14-23(15-11-21)34(30,31)25(26(28)29)24(27)16-7-19-5-3-2-4-6-19/h2-6,8-15,24-25H,17-18,27H2,1H3,(H,28,29). The number of carboxylic acids is 1. The minimum atomic E-state index is -4.28. The summed E-state index contributed by atoms with van der Waals surface area (Å²) in [4.78, 5) is 11.7. The van der Waals surface area contributed by atoms with Crippen LogP contribution in [0.25, 0.3) is 11.1 Å². The monoisotopic (exact) mass is 479 g/mol. The Balaban J connectivity index is 1.79. The van der Waals surface area contributed by atoms with Gasteiger partial charge in [-0.15, -0.1) is 0 Å². The predicted molar refractivity (Wildman–Crippen MR) is 129 cm³/mol. The Kier molecular flexibility index (Phi) is 8.44. The van der Waals surface area contributed by atoms with Crippen LogP contribution in [0.3, 0.4) is 0 Å². The molecule has 2 atom stereocenters. The fourth-order valence-electron chi connectivity index (χ4n) is 3.21. The lowest BCUT2D eigenvalue weighted by Gasteiger charge is -2.16. The molecule has 3 N–H and O–H groups in total. The topological polar surface area (TPSA) is 116 Å². The number of methoxy groups -OCH3 is 1. The van der Waals surface area contributed by atoms with Gasteiger partial charge in [0.25, 0.3) is 0 Å². The van der Waals surface area contributed by atoms with Gasteiger partial charge in [-0.05, 0) is 47.5 Å². The molecule has 0 aliphatic rings. The van der Waals surface area contributed by atoms with Crippen LogP contribution in [0.4, 0.5) is 0 Å². The van der Waals surface area contributed by atoms with Crippen LogP contribution < -0.4 is 10.5 Å². The molecule has 0 aromatic heterocycles. The Hall–Kier alpha value is -3.64. The zero-order chi connectivity index (χ0) is 24.6. The molecular formula is C26H25NO6S. The summed E-state index contributed by atoms with van der Waals surface area (Å²) in [5, 5.41) is 7.72. The number of hydrogen-bond donors (Lipinski definition) is 2. The van der Waals surface area contributed by atoms with Crippen LogP contribution in [0, 0.1) is 11.8 Å². The first-order valence-electron chi connectivity index (χ1n) is 10.4. The van der Waals surface area contributed by atoms with Gasteiger partial charge in [-0.3, -0.25) is 4.79 Å². The second-order valence-electron chi connectivity index (χ2n) is 7.36. The van der Waals surface area contributed by atoms with E-state index in [9.17, 15) is 18.3 Å². The van der Waals surface area contributed by atoms with Crippen molar-refractivity contribution in [3.05, 3.63) is 84.4 Å². The number of hydrogen-bond acceptors (Lipinski definition) is 6. The van der Waals surface area contributed by atoms with Gasteiger partial charge in [-0.25, -0.2) is 8.42 Å². The van der Waals surface area contributed by atoms with E-state index in [1.54, 1.807) is 55.6 Å². The quantitative estimate of drug-likeness (QED) is 0.358. The average Bonchev–Trinajstić information content (AvgIpc) is 2.84. The van der Waals surface area contributed by atoms with E-state index in [1.165, 1.54) is 12.1 Å². The minimum absolute atomic E-state index is 0.139. The van der Waals surface area contributed by atoms with E-state index in [0.717, 1.165) is 11.1 Å². The normalized spacial score (nSPS) is 12.8. The summed E-state index contributed by atoms with van der Waals surface area (Å²) in [5.41, 5.74) is 8.14. The summed E-state index contributed by atoms with van der Waals surface area (Å²) in [7, 11) is -2.68. The smallest absolute Gasteiger partial charge is 0.324 e. The van der Waals surface area contributed by atoms with Crippen molar-refractivity contribution in [1.82, 2.24) is 0 Å².